The molecule has 0 saturated carbocycles. The van der Waals surface area contributed by atoms with Gasteiger partial charge in [-0.05, 0) is 30.5 Å². The Bertz CT molecular complexity index is 973. The van der Waals surface area contributed by atoms with Crippen LogP contribution in [0.2, 0.25) is 0 Å². The molecular formula is C22H21NO5. The third kappa shape index (κ3) is 2.31. The summed E-state index contributed by atoms with van der Waals surface area (Å²) in [5.41, 5.74) is 2.25. The van der Waals surface area contributed by atoms with Gasteiger partial charge in [0.1, 0.15) is 23.5 Å². The summed E-state index contributed by atoms with van der Waals surface area (Å²) in [6.45, 7) is 2.30. The number of ether oxygens (including phenoxy) is 3. The summed E-state index contributed by atoms with van der Waals surface area (Å²) in [6, 6.07) is 11.2. The second-order valence-corrected chi connectivity index (χ2v) is 7.45. The minimum absolute atomic E-state index is 0.0243. The highest BCUT2D eigenvalue weighted by molar-refractivity contribution is 6.12. The number of likely N-dealkylation sites (N-methyl/N-ethyl adjacent to an activating group) is 1. The number of ketones is 1. The van der Waals surface area contributed by atoms with Crippen molar-refractivity contribution in [2.45, 2.75) is 18.3 Å². The van der Waals surface area contributed by atoms with Gasteiger partial charge >= 0.3 is 0 Å². The molecule has 4 heterocycles. The first-order valence-corrected chi connectivity index (χ1v) is 9.55. The first-order chi connectivity index (χ1) is 13.6. The zero-order chi connectivity index (χ0) is 19.3. The first kappa shape index (κ1) is 17.3. The topological polar surface area (TPSA) is 65.1 Å². The van der Waals surface area contributed by atoms with Crippen molar-refractivity contribution < 1.29 is 23.8 Å². The number of carbonyl (C=O) groups excluding carboxylic acids is 2. The van der Waals surface area contributed by atoms with Crippen LogP contribution in [0.5, 0.6) is 11.5 Å². The van der Waals surface area contributed by atoms with E-state index < -0.39 is 5.41 Å². The Morgan fingerprint density at radius 1 is 0.964 bits per heavy atom. The van der Waals surface area contributed by atoms with E-state index in [1.54, 1.807) is 24.1 Å². The maximum atomic E-state index is 13.1. The van der Waals surface area contributed by atoms with Crippen LogP contribution in [0, 0.1) is 0 Å². The second-order valence-electron chi connectivity index (χ2n) is 7.45. The SMILES string of the molecule is C1CCOC1.CN1C(=O)C2(COc3cc4c(cc32)C(=O)CO4)c2ccccc21. The maximum absolute atomic E-state index is 13.1. The molecule has 0 bridgehead atoms. The van der Waals surface area contributed by atoms with Crippen LogP contribution in [0.1, 0.15) is 34.3 Å². The Kier molecular flexibility index (Phi) is 3.91. The van der Waals surface area contributed by atoms with Gasteiger partial charge < -0.3 is 19.1 Å². The van der Waals surface area contributed by atoms with Crippen molar-refractivity contribution in [1.82, 2.24) is 0 Å². The average molecular weight is 379 g/mol. The molecule has 1 atom stereocenters. The summed E-state index contributed by atoms with van der Waals surface area (Å²) in [4.78, 5) is 26.7. The van der Waals surface area contributed by atoms with E-state index in [0.29, 0.717) is 17.1 Å². The number of hydrogen-bond acceptors (Lipinski definition) is 5. The molecule has 0 aliphatic carbocycles. The molecule has 6 nitrogen and oxygen atoms in total. The number of benzene rings is 2. The van der Waals surface area contributed by atoms with Crippen LogP contribution < -0.4 is 14.4 Å². The lowest BCUT2D eigenvalue weighted by Crippen LogP contribution is -2.41. The van der Waals surface area contributed by atoms with E-state index in [2.05, 4.69) is 0 Å². The highest BCUT2D eigenvalue weighted by Gasteiger charge is 2.56. The van der Waals surface area contributed by atoms with E-state index >= 15 is 0 Å². The minimum atomic E-state index is -0.863. The molecule has 0 aromatic heterocycles. The van der Waals surface area contributed by atoms with Gasteiger partial charge in [0.25, 0.3) is 0 Å². The van der Waals surface area contributed by atoms with Crippen molar-refractivity contribution >= 4 is 17.4 Å². The number of fused-ring (bicyclic) bond motifs is 5. The average Bonchev–Trinajstić information content (AvgIpc) is 3.50. The fourth-order valence-corrected chi connectivity index (χ4v) is 4.38. The van der Waals surface area contributed by atoms with Gasteiger partial charge in [-0.15, -0.1) is 0 Å². The quantitative estimate of drug-likeness (QED) is 0.704. The summed E-state index contributed by atoms with van der Waals surface area (Å²) >= 11 is 0. The zero-order valence-corrected chi connectivity index (χ0v) is 15.7. The second kappa shape index (κ2) is 6.34. The molecule has 1 spiro atoms. The van der Waals surface area contributed by atoms with Crippen molar-refractivity contribution in [3.05, 3.63) is 53.1 Å². The molecular weight excluding hydrogens is 358 g/mol. The zero-order valence-electron chi connectivity index (χ0n) is 15.7. The Balaban J connectivity index is 0.000000300. The lowest BCUT2D eigenvalue weighted by Gasteiger charge is -2.21. The Morgan fingerprint density at radius 2 is 1.75 bits per heavy atom. The standard InChI is InChI=1S/C18H13NO4.C4H8O/c1-19-13-5-3-2-4-11(13)18(17(19)21)9-23-16-7-15-10(6-12(16)18)14(20)8-22-15;1-2-4-5-3-1/h2-7H,8-9H2,1H3;1-4H2. The Morgan fingerprint density at radius 3 is 2.50 bits per heavy atom. The molecule has 144 valence electrons. The molecule has 2 aromatic rings. The summed E-state index contributed by atoms with van der Waals surface area (Å²) in [7, 11) is 1.77. The summed E-state index contributed by atoms with van der Waals surface area (Å²) in [5.74, 6) is 1.08. The van der Waals surface area contributed by atoms with Crippen LogP contribution >= 0.6 is 0 Å². The van der Waals surface area contributed by atoms with Crippen LogP contribution in [0.3, 0.4) is 0 Å². The van der Waals surface area contributed by atoms with E-state index in [4.69, 9.17) is 14.2 Å². The van der Waals surface area contributed by atoms with Gasteiger partial charge in [0.2, 0.25) is 11.7 Å². The van der Waals surface area contributed by atoms with Gasteiger partial charge in [0, 0.05) is 37.6 Å². The largest absolute Gasteiger partial charge is 0.491 e. The molecule has 1 amide bonds. The predicted molar refractivity (Wildman–Crippen MR) is 102 cm³/mol. The fraction of sp³-hybridized carbons (Fsp3) is 0.364. The van der Waals surface area contributed by atoms with E-state index in [9.17, 15) is 9.59 Å². The fourth-order valence-electron chi connectivity index (χ4n) is 4.38. The normalized spacial score (nSPS) is 23.7. The minimum Gasteiger partial charge on any atom is -0.491 e. The first-order valence-electron chi connectivity index (χ1n) is 9.55. The molecule has 1 unspecified atom stereocenters. The van der Waals surface area contributed by atoms with Gasteiger partial charge in [-0.25, -0.2) is 0 Å². The molecule has 2 aromatic carbocycles. The monoisotopic (exact) mass is 379 g/mol. The molecule has 6 heteroatoms. The summed E-state index contributed by atoms with van der Waals surface area (Å²) < 4.78 is 16.2. The van der Waals surface area contributed by atoms with Crippen LogP contribution in [0.15, 0.2) is 36.4 Å². The van der Waals surface area contributed by atoms with Crippen LogP contribution in [0.25, 0.3) is 0 Å². The van der Waals surface area contributed by atoms with Gasteiger partial charge in [-0.3, -0.25) is 9.59 Å². The summed E-state index contributed by atoms with van der Waals surface area (Å²) in [6.07, 6.45) is 2.56. The van der Waals surface area contributed by atoms with Gasteiger partial charge in [-0.2, -0.15) is 0 Å². The predicted octanol–water partition coefficient (Wildman–Crippen LogP) is 2.71. The molecule has 1 saturated heterocycles. The molecule has 4 aliphatic rings. The number of para-hydroxylation sites is 1. The van der Waals surface area contributed by atoms with Crippen LogP contribution in [-0.2, 0) is 14.9 Å². The number of anilines is 1. The lowest BCUT2D eigenvalue weighted by atomic mass is 9.76. The number of carbonyl (C=O) groups is 2. The number of amides is 1. The van der Waals surface area contributed by atoms with E-state index in [1.807, 2.05) is 24.3 Å². The van der Waals surface area contributed by atoms with Crippen LogP contribution in [0.4, 0.5) is 5.69 Å². The van der Waals surface area contributed by atoms with Crippen molar-refractivity contribution in [1.29, 1.82) is 0 Å². The van der Waals surface area contributed by atoms with Crippen molar-refractivity contribution in [3.63, 3.8) is 0 Å². The van der Waals surface area contributed by atoms with E-state index in [-0.39, 0.29) is 24.9 Å². The van der Waals surface area contributed by atoms with Crippen molar-refractivity contribution in [2.75, 3.05) is 38.4 Å². The van der Waals surface area contributed by atoms with E-state index in [1.165, 1.54) is 12.8 Å². The number of Topliss-reactive ketones (excluding diaryl/α,β-unsaturated/α-hetero) is 1. The maximum Gasteiger partial charge on any atom is 0.245 e. The number of hydrogen-bond donors (Lipinski definition) is 0. The number of nitrogens with zero attached hydrogens (tertiary/aromatic N) is 1. The smallest absolute Gasteiger partial charge is 0.245 e. The van der Waals surface area contributed by atoms with Crippen LogP contribution in [-0.4, -0.2) is 45.2 Å². The summed E-state index contributed by atoms with van der Waals surface area (Å²) in [5, 5.41) is 0. The van der Waals surface area contributed by atoms with Gasteiger partial charge in [0.15, 0.2) is 6.61 Å². The molecule has 0 N–H and O–H groups in total. The molecule has 6 rings (SSSR count). The lowest BCUT2D eigenvalue weighted by molar-refractivity contribution is -0.121. The molecule has 1 fully saturated rings. The Labute approximate surface area is 163 Å². The van der Waals surface area contributed by atoms with Crippen molar-refractivity contribution in [2.24, 2.45) is 0 Å². The molecule has 4 aliphatic heterocycles. The van der Waals surface area contributed by atoms with Gasteiger partial charge in [-0.1, -0.05) is 18.2 Å². The van der Waals surface area contributed by atoms with Gasteiger partial charge in [0.05, 0.1) is 5.56 Å². The highest BCUT2D eigenvalue weighted by Crippen LogP contribution is 2.53. The van der Waals surface area contributed by atoms with E-state index in [0.717, 1.165) is 30.0 Å². The molecule has 28 heavy (non-hydrogen) atoms. The third-order valence-corrected chi connectivity index (χ3v) is 5.87. The third-order valence-electron chi connectivity index (χ3n) is 5.87. The number of rotatable bonds is 0. The Hall–Kier alpha value is -2.86. The van der Waals surface area contributed by atoms with Crippen molar-refractivity contribution in [3.8, 4) is 11.5 Å². The molecule has 0 radical (unpaired) electrons. The highest BCUT2D eigenvalue weighted by atomic mass is 16.5.